The summed E-state index contributed by atoms with van der Waals surface area (Å²) in [6.45, 7) is 9.18. The second kappa shape index (κ2) is 9.04. The summed E-state index contributed by atoms with van der Waals surface area (Å²) in [5.74, 6) is 2.06. The number of nitrogens with one attached hydrogen (secondary N) is 1. The molecule has 2 unspecified atom stereocenters. The lowest BCUT2D eigenvalue weighted by Gasteiger charge is -2.16. The second-order valence-electron chi connectivity index (χ2n) is 3.62. The topological polar surface area (TPSA) is 38.3 Å². The van der Waals surface area contributed by atoms with Gasteiger partial charge in [0, 0.05) is 18.3 Å². The molecular formula is C11H23NO2S. The van der Waals surface area contributed by atoms with Crippen LogP contribution in [0.1, 0.15) is 27.7 Å². The number of esters is 1. The normalized spacial score (nSPS) is 14.7. The molecule has 3 nitrogen and oxygen atoms in total. The Hall–Kier alpha value is -0.220. The molecule has 15 heavy (non-hydrogen) atoms. The first kappa shape index (κ1) is 14.8. The molecule has 0 amide bonds. The average Bonchev–Trinajstić information content (AvgIpc) is 2.23. The van der Waals surface area contributed by atoms with Gasteiger partial charge in [-0.1, -0.05) is 13.8 Å². The Morgan fingerprint density at radius 3 is 2.60 bits per heavy atom. The third-order valence-corrected chi connectivity index (χ3v) is 3.18. The Morgan fingerprint density at radius 2 is 2.07 bits per heavy atom. The Bertz CT molecular complexity index is 176. The number of hydrogen-bond donors (Lipinski definition) is 1. The molecule has 0 aliphatic rings. The van der Waals surface area contributed by atoms with Crippen molar-refractivity contribution in [2.45, 2.75) is 33.7 Å². The zero-order chi connectivity index (χ0) is 11.7. The van der Waals surface area contributed by atoms with E-state index in [0.29, 0.717) is 19.2 Å². The van der Waals surface area contributed by atoms with E-state index in [1.54, 1.807) is 0 Å². The van der Waals surface area contributed by atoms with Gasteiger partial charge in [0.25, 0.3) is 0 Å². The minimum Gasteiger partial charge on any atom is -0.466 e. The van der Waals surface area contributed by atoms with Crippen molar-refractivity contribution in [1.82, 2.24) is 5.32 Å². The van der Waals surface area contributed by atoms with Crippen LogP contribution in [0, 0.1) is 5.92 Å². The fraction of sp³-hybridized carbons (Fsp3) is 0.909. The van der Waals surface area contributed by atoms with Gasteiger partial charge in [0.2, 0.25) is 0 Å². The highest BCUT2D eigenvalue weighted by molar-refractivity contribution is 7.99. The van der Waals surface area contributed by atoms with E-state index in [-0.39, 0.29) is 11.9 Å². The lowest BCUT2D eigenvalue weighted by molar-refractivity contribution is -0.147. The second-order valence-corrected chi connectivity index (χ2v) is 4.94. The SMILES string of the molecule is CCOC(=O)C(C)CNC(C)CSCC. The standard InChI is InChI=1S/C11H23NO2S/c1-5-14-11(13)9(3)7-12-10(4)8-15-6-2/h9-10,12H,5-8H2,1-4H3. The summed E-state index contributed by atoms with van der Waals surface area (Å²) >= 11 is 1.91. The highest BCUT2D eigenvalue weighted by atomic mass is 32.2. The van der Waals surface area contributed by atoms with E-state index in [2.05, 4.69) is 19.2 Å². The summed E-state index contributed by atoms with van der Waals surface area (Å²) < 4.78 is 4.93. The van der Waals surface area contributed by atoms with E-state index in [0.717, 1.165) is 11.5 Å². The zero-order valence-corrected chi connectivity index (χ0v) is 11.0. The van der Waals surface area contributed by atoms with Crippen LogP contribution in [0.2, 0.25) is 0 Å². The molecule has 0 heterocycles. The largest absolute Gasteiger partial charge is 0.466 e. The predicted molar refractivity (Wildman–Crippen MR) is 66.3 cm³/mol. The fourth-order valence-electron chi connectivity index (χ4n) is 1.10. The van der Waals surface area contributed by atoms with Crippen molar-refractivity contribution in [1.29, 1.82) is 0 Å². The molecule has 0 aliphatic carbocycles. The van der Waals surface area contributed by atoms with Crippen molar-refractivity contribution in [3.05, 3.63) is 0 Å². The predicted octanol–water partition coefficient (Wildman–Crippen LogP) is 1.92. The number of hydrogen-bond acceptors (Lipinski definition) is 4. The van der Waals surface area contributed by atoms with Crippen molar-refractivity contribution in [2.24, 2.45) is 5.92 Å². The van der Waals surface area contributed by atoms with Gasteiger partial charge in [-0.2, -0.15) is 11.8 Å². The molecule has 0 spiro atoms. The lowest BCUT2D eigenvalue weighted by Crippen LogP contribution is -2.35. The number of rotatable bonds is 8. The van der Waals surface area contributed by atoms with E-state index in [4.69, 9.17) is 4.74 Å². The van der Waals surface area contributed by atoms with Gasteiger partial charge in [0.15, 0.2) is 0 Å². The van der Waals surface area contributed by atoms with Gasteiger partial charge in [-0.3, -0.25) is 4.79 Å². The van der Waals surface area contributed by atoms with Crippen LogP contribution in [0.25, 0.3) is 0 Å². The van der Waals surface area contributed by atoms with Gasteiger partial charge in [-0.15, -0.1) is 0 Å². The highest BCUT2D eigenvalue weighted by Gasteiger charge is 2.14. The van der Waals surface area contributed by atoms with Crippen LogP contribution in [-0.4, -0.2) is 36.7 Å². The van der Waals surface area contributed by atoms with Crippen LogP contribution < -0.4 is 5.32 Å². The van der Waals surface area contributed by atoms with Crippen LogP contribution in [0.15, 0.2) is 0 Å². The first-order valence-corrected chi connectivity index (χ1v) is 6.75. The maximum absolute atomic E-state index is 11.3. The molecule has 4 heteroatoms. The number of carbonyl (C=O) groups excluding carboxylic acids is 1. The summed E-state index contributed by atoms with van der Waals surface area (Å²) in [6, 6.07) is 0.451. The van der Waals surface area contributed by atoms with Gasteiger partial charge < -0.3 is 10.1 Å². The van der Waals surface area contributed by atoms with Crippen molar-refractivity contribution < 1.29 is 9.53 Å². The van der Waals surface area contributed by atoms with Crippen LogP contribution in [0.3, 0.4) is 0 Å². The molecule has 0 rings (SSSR count). The van der Waals surface area contributed by atoms with Gasteiger partial charge in [0.05, 0.1) is 12.5 Å². The van der Waals surface area contributed by atoms with Crippen LogP contribution in [-0.2, 0) is 9.53 Å². The van der Waals surface area contributed by atoms with Crippen molar-refractivity contribution in [3.63, 3.8) is 0 Å². The third kappa shape index (κ3) is 7.68. The summed E-state index contributed by atoms with van der Waals surface area (Å²) in [7, 11) is 0. The zero-order valence-electron chi connectivity index (χ0n) is 10.2. The van der Waals surface area contributed by atoms with Crippen LogP contribution in [0.4, 0.5) is 0 Å². The van der Waals surface area contributed by atoms with Crippen molar-refractivity contribution >= 4 is 17.7 Å². The van der Waals surface area contributed by atoms with E-state index < -0.39 is 0 Å². The van der Waals surface area contributed by atoms with Gasteiger partial charge >= 0.3 is 5.97 Å². The molecule has 0 aromatic heterocycles. The Kier molecular flexibility index (Phi) is 8.91. The minimum absolute atomic E-state index is 0.0565. The number of thioether (sulfide) groups is 1. The van der Waals surface area contributed by atoms with Crippen molar-refractivity contribution in [2.75, 3.05) is 24.7 Å². The average molecular weight is 233 g/mol. The van der Waals surface area contributed by atoms with E-state index in [1.807, 2.05) is 25.6 Å². The molecule has 0 saturated carbocycles. The Balaban J connectivity index is 3.60. The van der Waals surface area contributed by atoms with E-state index >= 15 is 0 Å². The number of ether oxygens (including phenoxy) is 1. The van der Waals surface area contributed by atoms with E-state index in [1.165, 1.54) is 0 Å². The monoisotopic (exact) mass is 233 g/mol. The quantitative estimate of drug-likeness (QED) is 0.650. The molecule has 0 aromatic rings. The van der Waals surface area contributed by atoms with Crippen LogP contribution >= 0.6 is 11.8 Å². The number of carbonyl (C=O) groups is 1. The van der Waals surface area contributed by atoms with Crippen LogP contribution in [0.5, 0.6) is 0 Å². The molecule has 0 saturated heterocycles. The minimum atomic E-state index is -0.111. The summed E-state index contributed by atoms with van der Waals surface area (Å²) in [5.41, 5.74) is 0. The Labute approximate surface area is 97.3 Å². The Morgan fingerprint density at radius 1 is 1.40 bits per heavy atom. The maximum atomic E-state index is 11.3. The summed E-state index contributed by atoms with van der Waals surface area (Å²) in [6.07, 6.45) is 0. The van der Waals surface area contributed by atoms with Gasteiger partial charge in [0.1, 0.15) is 0 Å². The molecule has 0 fully saturated rings. The molecule has 0 aliphatic heterocycles. The first-order valence-electron chi connectivity index (χ1n) is 5.59. The molecule has 0 radical (unpaired) electrons. The summed E-state index contributed by atoms with van der Waals surface area (Å²) in [4.78, 5) is 11.3. The smallest absolute Gasteiger partial charge is 0.309 e. The molecule has 1 N–H and O–H groups in total. The molecule has 0 bridgehead atoms. The first-order chi connectivity index (χ1) is 7.11. The summed E-state index contributed by atoms with van der Waals surface area (Å²) in [5, 5.41) is 3.33. The lowest BCUT2D eigenvalue weighted by atomic mass is 10.2. The highest BCUT2D eigenvalue weighted by Crippen LogP contribution is 2.03. The van der Waals surface area contributed by atoms with Gasteiger partial charge in [-0.05, 0) is 19.6 Å². The fourth-order valence-corrected chi connectivity index (χ4v) is 1.81. The molecule has 0 aromatic carbocycles. The molecule has 2 atom stereocenters. The third-order valence-electron chi connectivity index (χ3n) is 2.03. The molecular weight excluding hydrogens is 210 g/mol. The van der Waals surface area contributed by atoms with Crippen molar-refractivity contribution in [3.8, 4) is 0 Å². The van der Waals surface area contributed by atoms with E-state index in [9.17, 15) is 4.79 Å². The maximum Gasteiger partial charge on any atom is 0.309 e. The molecule has 90 valence electrons. The van der Waals surface area contributed by atoms with Gasteiger partial charge in [-0.25, -0.2) is 0 Å².